The van der Waals surface area contributed by atoms with Gasteiger partial charge in [-0.2, -0.15) is 0 Å². The third kappa shape index (κ3) is 7.41. The van der Waals surface area contributed by atoms with Crippen LogP contribution in [0.25, 0.3) is 0 Å². The summed E-state index contributed by atoms with van der Waals surface area (Å²) >= 11 is 0. The molecule has 1 atom stereocenters. The Morgan fingerprint density at radius 1 is 0.453 bits per heavy atom. The number of anilines is 1. The normalized spacial score (nSPS) is 14.6. The van der Waals surface area contributed by atoms with Gasteiger partial charge < -0.3 is 9.48 Å². The summed E-state index contributed by atoms with van der Waals surface area (Å²) in [5, 5.41) is 0. The fourth-order valence-electron chi connectivity index (χ4n) is 9.07. The first-order chi connectivity index (χ1) is 29.8. The van der Waals surface area contributed by atoms with Crippen LogP contribution in [-0.4, -0.2) is 29.6 Å². The predicted molar refractivity (Wildman–Crippen MR) is 213 cm³/mol. The number of benzene rings is 5. The average molecular weight is 916 g/mol. The molecule has 5 aromatic carbocycles. The highest BCUT2D eigenvalue weighted by atomic mass is 19.2. The number of hydrogen-bond acceptors (Lipinski definition) is 1. The Hall–Kier alpha value is -5.42. The Labute approximate surface area is 358 Å². The average Bonchev–Trinajstić information content (AvgIpc) is 3.66. The lowest BCUT2D eigenvalue weighted by atomic mass is 9.13. The topological polar surface area (TPSA) is 6.25 Å². The molecule has 0 fully saturated rings. The minimum Gasteiger partial charge on any atom is -0.334 e. The standard InChI is InChI=1S/C46H39BF15N2/c1-18(2)23-11-9-12-24(19(3)4)45(23)63-16-22(64(17-63)46-25(20(5)6)13-10-14-26(46)21(7)8)15-47(27-30(48)36(54)42(60)37(55)31(27)49,28-32(50)38(56)43(61)39(57)33(28)51)29-34(52)40(58)44(62)41(59)35(29)53/h9-14,18-22H,15-16H2,1-8H3/q-1/t22-/m0/s1. The number of hydrogen-bond donors (Lipinski definition) is 0. The summed E-state index contributed by atoms with van der Waals surface area (Å²) in [6, 6.07) is 8.14. The summed E-state index contributed by atoms with van der Waals surface area (Å²) in [5.74, 6) is -46.7. The fourth-order valence-corrected chi connectivity index (χ4v) is 9.07. The Morgan fingerprint density at radius 3 is 1.00 bits per heavy atom. The van der Waals surface area contributed by atoms with Crippen LogP contribution in [0.3, 0.4) is 0 Å². The summed E-state index contributed by atoms with van der Waals surface area (Å²) in [4.78, 5) is 1.17. The van der Waals surface area contributed by atoms with Crippen LogP contribution in [-0.2, 0) is 0 Å². The predicted octanol–water partition coefficient (Wildman–Crippen LogP) is 11.9. The molecule has 1 aliphatic rings. The van der Waals surface area contributed by atoms with Crippen molar-refractivity contribution >= 4 is 40.2 Å². The molecule has 0 N–H and O–H groups in total. The highest BCUT2D eigenvalue weighted by Gasteiger charge is 2.51. The molecule has 0 radical (unpaired) electrons. The van der Waals surface area contributed by atoms with Gasteiger partial charge in [-0.25, -0.2) is 65.9 Å². The zero-order valence-electron chi connectivity index (χ0n) is 35.4. The van der Waals surface area contributed by atoms with Crippen molar-refractivity contribution in [1.82, 2.24) is 0 Å². The number of nitrogens with zero attached hydrogens (tertiary/aromatic N) is 2. The smallest absolute Gasteiger partial charge is 0.206 e. The minimum absolute atomic E-state index is 0.171. The van der Waals surface area contributed by atoms with E-state index in [1.165, 1.54) is 9.48 Å². The molecule has 342 valence electrons. The van der Waals surface area contributed by atoms with Crippen LogP contribution in [0.15, 0.2) is 36.4 Å². The van der Waals surface area contributed by atoms with Gasteiger partial charge >= 0.3 is 0 Å². The maximum Gasteiger partial charge on any atom is 0.206 e. The van der Waals surface area contributed by atoms with E-state index in [-0.39, 0.29) is 17.5 Å². The number of rotatable bonds is 11. The van der Waals surface area contributed by atoms with Crippen LogP contribution in [0.5, 0.6) is 0 Å². The lowest BCUT2D eigenvalue weighted by Crippen LogP contribution is -2.74. The zero-order valence-corrected chi connectivity index (χ0v) is 35.4. The Bertz CT molecular complexity index is 2420. The first-order valence-corrected chi connectivity index (χ1v) is 20.2. The van der Waals surface area contributed by atoms with E-state index in [2.05, 4.69) is 6.34 Å². The van der Waals surface area contributed by atoms with Crippen molar-refractivity contribution in [2.24, 2.45) is 0 Å². The van der Waals surface area contributed by atoms with Crippen LogP contribution in [0.1, 0.15) is 101 Å². The van der Waals surface area contributed by atoms with Gasteiger partial charge in [-0.05, 0) is 23.7 Å². The highest BCUT2D eigenvalue weighted by molar-refractivity contribution is 7.11. The molecule has 1 heterocycles. The van der Waals surface area contributed by atoms with Gasteiger partial charge in [0.05, 0.1) is 6.04 Å². The molecule has 0 aliphatic carbocycles. The van der Waals surface area contributed by atoms with E-state index < -0.39 is 141 Å². The molecule has 0 spiro atoms. The van der Waals surface area contributed by atoms with E-state index in [1.807, 2.05) is 27.7 Å². The summed E-state index contributed by atoms with van der Waals surface area (Å²) in [6.45, 7) is 13.5. The second kappa shape index (κ2) is 17.5. The van der Waals surface area contributed by atoms with Gasteiger partial charge in [-0.1, -0.05) is 114 Å². The fraction of sp³-hybridized carbons (Fsp3) is 0.326. The van der Waals surface area contributed by atoms with Crippen LogP contribution >= 0.6 is 0 Å². The van der Waals surface area contributed by atoms with Gasteiger partial charge in [0.2, 0.25) is 6.34 Å². The first-order valence-electron chi connectivity index (χ1n) is 20.2. The minimum atomic E-state index is -5.86. The summed E-state index contributed by atoms with van der Waals surface area (Å²) < 4.78 is 239. The molecule has 6 rings (SSSR count). The van der Waals surface area contributed by atoms with Crippen molar-refractivity contribution in [3.8, 4) is 0 Å². The van der Waals surface area contributed by atoms with Gasteiger partial charge in [0, 0.05) is 11.4 Å². The maximum absolute atomic E-state index is 16.7. The monoisotopic (exact) mass is 915 g/mol. The molecular formula is C46H39BF15N2-. The molecule has 0 unspecified atom stereocenters. The third-order valence-electron chi connectivity index (χ3n) is 12.0. The first kappa shape index (κ1) is 48.1. The molecule has 1 aliphatic heterocycles. The van der Waals surface area contributed by atoms with Crippen molar-refractivity contribution in [3.05, 3.63) is 146 Å². The van der Waals surface area contributed by atoms with Gasteiger partial charge in [-0.15, -0.1) is 22.7 Å². The van der Waals surface area contributed by atoms with E-state index in [1.54, 1.807) is 64.1 Å². The van der Waals surface area contributed by atoms with Crippen LogP contribution in [0.2, 0.25) is 6.32 Å². The molecule has 0 amide bonds. The zero-order chi connectivity index (χ0) is 47.8. The molecule has 0 saturated heterocycles. The second-order valence-electron chi connectivity index (χ2n) is 17.2. The van der Waals surface area contributed by atoms with Crippen molar-refractivity contribution in [2.75, 3.05) is 11.4 Å². The highest BCUT2D eigenvalue weighted by Crippen LogP contribution is 2.42. The van der Waals surface area contributed by atoms with E-state index >= 15 is 52.7 Å². The van der Waals surface area contributed by atoms with Crippen molar-refractivity contribution in [1.29, 1.82) is 0 Å². The van der Waals surface area contributed by atoms with Crippen LogP contribution < -0.4 is 21.3 Å². The molecule has 18 heteroatoms. The van der Waals surface area contributed by atoms with E-state index in [0.717, 1.165) is 0 Å². The Kier molecular flexibility index (Phi) is 13.2. The quantitative estimate of drug-likeness (QED) is 0.0320. The Balaban J connectivity index is 1.91. The van der Waals surface area contributed by atoms with Gasteiger partial charge in [-0.3, -0.25) is 0 Å². The SMILES string of the molecule is CC(C)c1cccc(C(C)C)c1N1[C-]=[N+](c2c(C(C)C)cccc2C(C)C)C[C@@H]1C[B-](c1c(F)c(F)c(F)c(F)c1F)(c1c(F)c(F)c(F)c(F)c1F)c1c(F)c(F)c(F)c(F)c1F. The van der Waals surface area contributed by atoms with Crippen molar-refractivity contribution in [3.63, 3.8) is 0 Å². The van der Waals surface area contributed by atoms with E-state index in [9.17, 15) is 13.2 Å². The van der Waals surface area contributed by atoms with Gasteiger partial charge in [0.1, 0.15) is 47.6 Å². The third-order valence-corrected chi connectivity index (χ3v) is 12.0. The van der Waals surface area contributed by atoms with E-state index in [0.29, 0.717) is 27.9 Å². The molecule has 0 saturated carbocycles. The lowest BCUT2D eigenvalue weighted by Gasteiger charge is -2.46. The molecule has 2 nitrogen and oxygen atoms in total. The van der Waals surface area contributed by atoms with Crippen LogP contribution in [0.4, 0.5) is 77.2 Å². The van der Waals surface area contributed by atoms with Crippen LogP contribution in [0, 0.1) is 87.3 Å². The molecule has 0 aromatic heterocycles. The van der Waals surface area contributed by atoms with Crippen molar-refractivity contribution < 1.29 is 70.4 Å². The molecule has 5 aromatic rings. The Morgan fingerprint density at radius 2 is 0.719 bits per heavy atom. The summed E-state index contributed by atoms with van der Waals surface area (Å²) in [5.41, 5.74) is -5.18. The lowest BCUT2D eigenvalue weighted by molar-refractivity contribution is -0.429. The van der Waals surface area contributed by atoms with E-state index in [4.69, 9.17) is 0 Å². The summed E-state index contributed by atoms with van der Waals surface area (Å²) in [7, 11) is 0. The number of para-hydroxylation sites is 2. The summed E-state index contributed by atoms with van der Waals surface area (Å²) in [6.07, 6.45) is -4.62. The molecular weight excluding hydrogens is 876 g/mol. The molecule has 0 bridgehead atoms. The van der Waals surface area contributed by atoms with Gasteiger partial charge in [0.25, 0.3) is 0 Å². The van der Waals surface area contributed by atoms with Crippen molar-refractivity contribution in [2.45, 2.75) is 91.4 Å². The second-order valence-corrected chi connectivity index (χ2v) is 17.2. The number of halogens is 15. The maximum atomic E-state index is 16.7. The van der Waals surface area contributed by atoms with Gasteiger partial charge in [0.15, 0.2) is 52.4 Å². The largest absolute Gasteiger partial charge is 0.334 e. The molecule has 64 heavy (non-hydrogen) atoms.